The monoisotopic (exact) mass is 160 g/mol. The Labute approximate surface area is 67.0 Å². The number of rotatable bonds is 5. The standard InChI is InChI=1S/C8H16O3/c1-3-6(2)4-7(9)5-8(10)11/h6-7,9H,3-5H2,1-2H3,(H,10,11)/t6-,7-/m1/s1. The number of carbonyl (C=O) groups is 1. The first-order chi connectivity index (χ1) is 5.06. The highest BCUT2D eigenvalue weighted by atomic mass is 16.4. The minimum atomic E-state index is -0.930. The van der Waals surface area contributed by atoms with Gasteiger partial charge in [0.15, 0.2) is 0 Å². The average molecular weight is 160 g/mol. The second kappa shape index (κ2) is 5.13. The summed E-state index contributed by atoms with van der Waals surface area (Å²) >= 11 is 0. The van der Waals surface area contributed by atoms with Gasteiger partial charge in [-0.1, -0.05) is 20.3 Å². The molecular formula is C8H16O3. The van der Waals surface area contributed by atoms with Crippen molar-refractivity contribution in [2.24, 2.45) is 5.92 Å². The Bertz CT molecular complexity index is 123. The number of aliphatic hydroxyl groups excluding tert-OH is 1. The van der Waals surface area contributed by atoms with Crippen molar-refractivity contribution in [3.05, 3.63) is 0 Å². The molecule has 0 spiro atoms. The van der Waals surface area contributed by atoms with Crippen LogP contribution in [0.4, 0.5) is 0 Å². The van der Waals surface area contributed by atoms with E-state index in [1.165, 1.54) is 0 Å². The van der Waals surface area contributed by atoms with E-state index in [1.54, 1.807) is 0 Å². The van der Waals surface area contributed by atoms with E-state index in [0.29, 0.717) is 12.3 Å². The van der Waals surface area contributed by atoms with E-state index in [0.717, 1.165) is 6.42 Å². The molecular weight excluding hydrogens is 144 g/mol. The van der Waals surface area contributed by atoms with Crippen molar-refractivity contribution in [2.45, 2.75) is 39.2 Å². The smallest absolute Gasteiger partial charge is 0.305 e. The van der Waals surface area contributed by atoms with Gasteiger partial charge in [-0.2, -0.15) is 0 Å². The van der Waals surface area contributed by atoms with Gasteiger partial charge in [0.1, 0.15) is 0 Å². The normalized spacial score (nSPS) is 15.9. The molecule has 2 atom stereocenters. The summed E-state index contributed by atoms with van der Waals surface area (Å²) in [5.41, 5.74) is 0. The van der Waals surface area contributed by atoms with Crippen molar-refractivity contribution in [1.82, 2.24) is 0 Å². The van der Waals surface area contributed by atoms with Gasteiger partial charge in [0.25, 0.3) is 0 Å². The Kier molecular flexibility index (Phi) is 4.86. The molecule has 66 valence electrons. The van der Waals surface area contributed by atoms with E-state index >= 15 is 0 Å². The van der Waals surface area contributed by atoms with Crippen LogP contribution in [0.15, 0.2) is 0 Å². The van der Waals surface area contributed by atoms with Crippen molar-refractivity contribution in [1.29, 1.82) is 0 Å². The quantitative estimate of drug-likeness (QED) is 0.636. The maximum absolute atomic E-state index is 10.1. The van der Waals surface area contributed by atoms with Gasteiger partial charge in [-0.05, 0) is 12.3 Å². The summed E-state index contributed by atoms with van der Waals surface area (Å²) < 4.78 is 0. The maximum atomic E-state index is 10.1. The molecule has 0 unspecified atom stereocenters. The van der Waals surface area contributed by atoms with Gasteiger partial charge in [0.2, 0.25) is 0 Å². The van der Waals surface area contributed by atoms with Crippen LogP contribution in [0.1, 0.15) is 33.1 Å². The number of hydrogen-bond acceptors (Lipinski definition) is 2. The molecule has 0 aliphatic rings. The fourth-order valence-corrected chi connectivity index (χ4v) is 0.916. The third-order valence-corrected chi connectivity index (χ3v) is 1.78. The first kappa shape index (κ1) is 10.4. The van der Waals surface area contributed by atoms with Gasteiger partial charge >= 0.3 is 5.97 Å². The summed E-state index contributed by atoms with van der Waals surface area (Å²) in [6.45, 7) is 4.03. The van der Waals surface area contributed by atoms with Gasteiger partial charge in [-0.25, -0.2) is 0 Å². The predicted octanol–water partition coefficient (Wildman–Crippen LogP) is 1.26. The number of hydrogen-bond donors (Lipinski definition) is 2. The lowest BCUT2D eigenvalue weighted by molar-refractivity contribution is -0.139. The topological polar surface area (TPSA) is 57.5 Å². The Hall–Kier alpha value is -0.570. The van der Waals surface area contributed by atoms with Crippen LogP contribution in [0.2, 0.25) is 0 Å². The molecule has 0 aromatic heterocycles. The minimum absolute atomic E-state index is 0.135. The van der Waals surface area contributed by atoms with E-state index in [1.807, 2.05) is 13.8 Å². The van der Waals surface area contributed by atoms with Crippen LogP contribution in [-0.4, -0.2) is 22.3 Å². The van der Waals surface area contributed by atoms with E-state index < -0.39 is 12.1 Å². The summed E-state index contributed by atoms with van der Waals surface area (Å²) in [5.74, 6) is -0.523. The molecule has 0 aliphatic heterocycles. The Morgan fingerprint density at radius 1 is 1.55 bits per heavy atom. The molecule has 3 heteroatoms. The second-order valence-electron chi connectivity index (χ2n) is 3.00. The molecule has 0 fully saturated rings. The molecule has 2 N–H and O–H groups in total. The maximum Gasteiger partial charge on any atom is 0.305 e. The molecule has 0 heterocycles. The van der Waals surface area contributed by atoms with Crippen LogP contribution in [0.3, 0.4) is 0 Å². The zero-order chi connectivity index (χ0) is 8.85. The van der Waals surface area contributed by atoms with E-state index in [9.17, 15) is 4.79 Å². The zero-order valence-corrected chi connectivity index (χ0v) is 7.08. The van der Waals surface area contributed by atoms with Crippen LogP contribution in [0.5, 0.6) is 0 Å². The number of aliphatic hydroxyl groups is 1. The second-order valence-corrected chi connectivity index (χ2v) is 3.00. The van der Waals surface area contributed by atoms with Crippen molar-refractivity contribution in [2.75, 3.05) is 0 Å². The number of carboxylic acids is 1. The van der Waals surface area contributed by atoms with E-state index in [4.69, 9.17) is 10.2 Å². The van der Waals surface area contributed by atoms with Gasteiger partial charge in [0.05, 0.1) is 12.5 Å². The number of carboxylic acid groups (broad SMARTS) is 1. The molecule has 0 aromatic rings. The van der Waals surface area contributed by atoms with E-state index in [2.05, 4.69) is 0 Å². The highest BCUT2D eigenvalue weighted by Gasteiger charge is 2.11. The Morgan fingerprint density at radius 2 is 2.09 bits per heavy atom. The lowest BCUT2D eigenvalue weighted by Crippen LogP contribution is -2.15. The van der Waals surface area contributed by atoms with Crippen LogP contribution in [-0.2, 0) is 4.79 Å². The highest BCUT2D eigenvalue weighted by molar-refractivity contribution is 5.67. The van der Waals surface area contributed by atoms with E-state index in [-0.39, 0.29) is 6.42 Å². The third-order valence-electron chi connectivity index (χ3n) is 1.78. The number of aliphatic carboxylic acids is 1. The zero-order valence-electron chi connectivity index (χ0n) is 7.08. The molecule has 11 heavy (non-hydrogen) atoms. The summed E-state index contributed by atoms with van der Waals surface area (Å²) in [5, 5.41) is 17.4. The largest absolute Gasteiger partial charge is 0.481 e. The highest BCUT2D eigenvalue weighted by Crippen LogP contribution is 2.11. The molecule has 0 saturated carbocycles. The lowest BCUT2D eigenvalue weighted by Gasteiger charge is -2.12. The average Bonchev–Trinajstić information content (AvgIpc) is 1.85. The molecule has 0 aromatic carbocycles. The first-order valence-electron chi connectivity index (χ1n) is 3.96. The van der Waals surface area contributed by atoms with Crippen LogP contribution in [0.25, 0.3) is 0 Å². The fourth-order valence-electron chi connectivity index (χ4n) is 0.916. The fraction of sp³-hybridized carbons (Fsp3) is 0.875. The Morgan fingerprint density at radius 3 is 2.45 bits per heavy atom. The van der Waals surface area contributed by atoms with Gasteiger partial charge < -0.3 is 10.2 Å². The third kappa shape index (κ3) is 5.85. The molecule has 0 saturated heterocycles. The summed E-state index contributed by atoms with van der Waals surface area (Å²) in [7, 11) is 0. The van der Waals surface area contributed by atoms with Crippen LogP contribution >= 0.6 is 0 Å². The molecule has 0 radical (unpaired) electrons. The lowest BCUT2D eigenvalue weighted by atomic mass is 9.99. The van der Waals surface area contributed by atoms with Crippen LogP contribution < -0.4 is 0 Å². The van der Waals surface area contributed by atoms with Crippen molar-refractivity contribution in [3.63, 3.8) is 0 Å². The molecule has 3 nitrogen and oxygen atoms in total. The molecule has 0 bridgehead atoms. The summed E-state index contributed by atoms with van der Waals surface area (Å²) in [6, 6.07) is 0. The molecule has 0 aliphatic carbocycles. The molecule has 0 amide bonds. The first-order valence-corrected chi connectivity index (χ1v) is 3.96. The predicted molar refractivity (Wildman–Crippen MR) is 42.3 cm³/mol. The van der Waals surface area contributed by atoms with Crippen molar-refractivity contribution < 1.29 is 15.0 Å². The van der Waals surface area contributed by atoms with Gasteiger partial charge in [0, 0.05) is 0 Å². The molecule has 0 rings (SSSR count). The van der Waals surface area contributed by atoms with Gasteiger partial charge in [-0.15, -0.1) is 0 Å². The van der Waals surface area contributed by atoms with Gasteiger partial charge in [-0.3, -0.25) is 4.79 Å². The summed E-state index contributed by atoms with van der Waals surface area (Å²) in [4.78, 5) is 10.1. The van der Waals surface area contributed by atoms with Crippen LogP contribution in [0, 0.1) is 5.92 Å². The summed E-state index contributed by atoms with van der Waals surface area (Å²) in [6.07, 6.45) is 0.756. The Balaban J connectivity index is 3.51. The van der Waals surface area contributed by atoms with Crippen molar-refractivity contribution in [3.8, 4) is 0 Å². The minimum Gasteiger partial charge on any atom is -0.481 e. The SMILES string of the molecule is CC[C@@H](C)C[C@@H](O)CC(=O)O. The van der Waals surface area contributed by atoms with Crippen molar-refractivity contribution >= 4 is 5.97 Å².